The first-order chi connectivity index (χ1) is 11.2. The van der Waals surface area contributed by atoms with Crippen LogP contribution in [-0.2, 0) is 14.9 Å². The van der Waals surface area contributed by atoms with Gasteiger partial charge < -0.3 is 9.84 Å². The van der Waals surface area contributed by atoms with Gasteiger partial charge in [-0.05, 0) is 60.1 Å². The van der Waals surface area contributed by atoms with E-state index in [9.17, 15) is 9.90 Å². The number of carboxylic acid groups (broad SMARTS) is 1. The summed E-state index contributed by atoms with van der Waals surface area (Å²) in [6.07, 6.45) is 3.58. The molecule has 0 heterocycles. The lowest BCUT2D eigenvalue weighted by atomic mass is 9.49. The molecule has 0 aromatic heterocycles. The Morgan fingerprint density at radius 3 is 2.58 bits per heavy atom. The van der Waals surface area contributed by atoms with Crippen molar-refractivity contribution in [2.75, 3.05) is 7.11 Å². The number of methoxy groups -OCH3 is 1. The number of aliphatic carboxylic acids is 1. The molecule has 0 saturated heterocycles. The molecule has 0 spiro atoms. The van der Waals surface area contributed by atoms with Gasteiger partial charge in [-0.2, -0.15) is 0 Å². The van der Waals surface area contributed by atoms with E-state index in [-0.39, 0.29) is 17.4 Å². The summed E-state index contributed by atoms with van der Waals surface area (Å²) in [5, 5.41) is 9.93. The second kappa shape index (κ2) is 5.87. The first kappa shape index (κ1) is 17.5. The highest BCUT2D eigenvalue weighted by molar-refractivity contribution is 5.75. The number of hydrogen-bond donors (Lipinski definition) is 1. The molecule has 4 atom stereocenters. The summed E-state index contributed by atoms with van der Waals surface area (Å²) in [5.41, 5.74) is 3.16. The molecule has 1 aromatic carbocycles. The molecule has 1 N–H and O–H groups in total. The Labute approximate surface area is 145 Å². The Bertz CT molecular complexity index is 650. The van der Waals surface area contributed by atoms with Gasteiger partial charge in [0.25, 0.3) is 0 Å². The second-order valence-corrected chi connectivity index (χ2v) is 8.51. The molecule has 0 amide bonds. The molecule has 3 rings (SSSR count). The van der Waals surface area contributed by atoms with Crippen LogP contribution < -0.4 is 0 Å². The van der Waals surface area contributed by atoms with E-state index in [2.05, 4.69) is 39.0 Å². The smallest absolute Gasteiger partial charge is 0.309 e. The first-order valence-electron chi connectivity index (χ1n) is 9.14. The predicted molar refractivity (Wildman–Crippen MR) is 95.3 cm³/mol. The number of benzene rings is 1. The van der Waals surface area contributed by atoms with Crippen LogP contribution in [0.1, 0.15) is 82.1 Å². The Morgan fingerprint density at radius 1 is 1.29 bits per heavy atom. The van der Waals surface area contributed by atoms with Crippen molar-refractivity contribution in [1.29, 1.82) is 0 Å². The Morgan fingerprint density at radius 2 is 2.00 bits per heavy atom. The first-order valence-corrected chi connectivity index (χ1v) is 9.14. The van der Waals surface area contributed by atoms with Crippen molar-refractivity contribution >= 4 is 5.97 Å². The van der Waals surface area contributed by atoms with E-state index in [0.717, 1.165) is 25.7 Å². The van der Waals surface area contributed by atoms with Crippen LogP contribution in [0.15, 0.2) is 18.2 Å². The van der Waals surface area contributed by atoms with Crippen LogP contribution in [0, 0.1) is 11.3 Å². The van der Waals surface area contributed by atoms with Gasteiger partial charge in [-0.25, -0.2) is 0 Å². The van der Waals surface area contributed by atoms with Crippen LogP contribution in [-0.4, -0.2) is 18.2 Å². The molecule has 3 heteroatoms. The van der Waals surface area contributed by atoms with E-state index < -0.39 is 11.4 Å². The van der Waals surface area contributed by atoms with Gasteiger partial charge in [0.1, 0.15) is 0 Å². The average Bonchev–Trinajstić information content (AvgIpc) is 2.54. The topological polar surface area (TPSA) is 46.5 Å². The van der Waals surface area contributed by atoms with E-state index >= 15 is 0 Å². The van der Waals surface area contributed by atoms with Crippen LogP contribution >= 0.6 is 0 Å². The van der Waals surface area contributed by atoms with Gasteiger partial charge in [-0.15, -0.1) is 0 Å². The van der Waals surface area contributed by atoms with Gasteiger partial charge in [-0.3, -0.25) is 4.79 Å². The van der Waals surface area contributed by atoms with Crippen molar-refractivity contribution in [2.45, 2.75) is 70.8 Å². The minimum Gasteiger partial charge on any atom is -0.481 e. The quantitative estimate of drug-likeness (QED) is 0.843. The van der Waals surface area contributed by atoms with Crippen molar-refractivity contribution in [3.05, 3.63) is 34.9 Å². The van der Waals surface area contributed by atoms with Gasteiger partial charge in [0.05, 0.1) is 11.5 Å². The van der Waals surface area contributed by atoms with Gasteiger partial charge in [0, 0.05) is 7.11 Å². The van der Waals surface area contributed by atoms with Crippen LogP contribution in [0.5, 0.6) is 0 Å². The summed E-state index contributed by atoms with van der Waals surface area (Å²) < 4.78 is 5.83. The molecule has 2 aliphatic rings. The largest absolute Gasteiger partial charge is 0.481 e. The third-order valence-electron chi connectivity index (χ3n) is 6.86. The monoisotopic (exact) mass is 330 g/mol. The highest BCUT2D eigenvalue weighted by atomic mass is 16.5. The lowest BCUT2D eigenvalue weighted by Crippen LogP contribution is -2.53. The molecule has 1 fully saturated rings. The van der Waals surface area contributed by atoms with Crippen molar-refractivity contribution in [2.24, 2.45) is 11.3 Å². The molecule has 0 radical (unpaired) electrons. The molecule has 132 valence electrons. The maximum Gasteiger partial charge on any atom is 0.309 e. The summed E-state index contributed by atoms with van der Waals surface area (Å²) in [6.45, 7) is 8.63. The number of carbonyl (C=O) groups is 1. The van der Waals surface area contributed by atoms with Crippen molar-refractivity contribution < 1.29 is 14.6 Å². The summed E-state index contributed by atoms with van der Waals surface area (Å²) in [6, 6.07) is 6.76. The fourth-order valence-corrected chi connectivity index (χ4v) is 5.26. The average molecular weight is 330 g/mol. The second-order valence-electron chi connectivity index (χ2n) is 8.51. The number of fused-ring (bicyclic) bond motifs is 3. The van der Waals surface area contributed by atoms with Crippen molar-refractivity contribution in [3.63, 3.8) is 0 Å². The van der Waals surface area contributed by atoms with Crippen LogP contribution in [0.4, 0.5) is 0 Å². The van der Waals surface area contributed by atoms with Gasteiger partial charge in [-0.1, -0.05) is 45.4 Å². The summed E-state index contributed by atoms with van der Waals surface area (Å²) >= 11 is 0. The van der Waals surface area contributed by atoms with Gasteiger partial charge >= 0.3 is 5.97 Å². The highest BCUT2D eigenvalue weighted by Gasteiger charge is 2.56. The minimum absolute atomic E-state index is 0.00597. The SMILES string of the molecule is COC1CC2C(C)(C(=O)O)CCCC2(C)c2ccc(C(C)C)cc21. The van der Waals surface area contributed by atoms with E-state index in [1.807, 2.05) is 6.92 Å². The molecular weight excluding hydrogens is 300 g/mol. The molecular formula is C21H30O3. The highest BCUT2D eigenvalue weighted by Crippen LogP contribution is 2.60. The zero-order chi connectivity index (χ0) is 17.7. The summed E-state index contributed by atoms with van der Waals surface area (Å²) in [5.74, 6) is -0.0666. The normalized spacial score (nSPS) is 35.4. The van der Waals surface area contributed by atoms with E-state index in [1.165, 1.54) is 16.7 Å². The van der Waals surface area contributed by atoms with E-state index in [4.69, 9.17) is 4.74 Å². The Balaban J connectivity index is 2.16. The molecule has 3 nitrogen and oxygen atoms in total. The van der Waals surface area contributed by atoms with Crippen LogP contribution in [0.3, 0.4) is 0 Å². The minimum atomic E-state index is -0.668. The maximum absolute atomic E-state index is 12.1. The van der Waals surface area contributed by atoms with Crippen molar-refractivity contribution in [1.82, 2.24) is 0 Å². The number of ether oxygens (including phenoxy) is 1. The molecule has 4 unspecified atom stereocenters. The molecule has 0 aliphatic heterocycles. The van der Waals surface area contributed by atoms with Crippen LogP contribution in [0.25, 0.3) is 0 Å². The van der Waals surface area contributed by atoms with E-state index in [1.54, 1.807) is 7.11 Å². The molecule has 2 aliphatic carbocycles. The standard InChI is InChI=1S/C21H30O3/c1-13(2)14-7-8-16-15(11-14)17(24-5)12-18-20(16,3)9-6-10-21(18,4)19(22)23/h7-8,11,13,17-18H,6,9-10,12H2,1-5H3,(H,22,23). The van der Waals surface area contributed by atoms with Crippen LogP contribution in [0.2, 0.25) is 0 Å². The Kier molecular flexibility index (Phi) is 4.28. The molecule has 0 bridgehead atoms. The lowest BCUT2D eigenvalue weighted by molar-refractivity contribution is -0.159. The molecule has 1 aromatic rings. The zero-order valence-electron chi connectivity index (χ0n) is 15.6. The van der Waals surface area contributed by atoms with E-state index in [0.29, 0.717) is 5.92 Å². The summed E-state index contributed by atoms with van der Waals surface area (Å²) in [7, 11) is 1.75. The third kappa shape index (κ3) is 2.40. The number of hydrogen-bond acceptors (Lipinski definition) is 2. The van der Waals surface area contributed by atoms with Crippen molar-refractivity contribution in [3.8, 4) is 0 Å². The molecule has 1 saturated carbocycles. The molecule has 24 heavy (non-hydrogen) atoms. The van der Waals surface area contributed by atoms with Gasteiger partial charge in [0.15, 0.2) is 0 Å². The van der Waals surface area contributed by atoms with Gasteiger partial charge in [0.2, 0.25) is 0 Å². The Hall–Kier alpha value is -1.35. The maximum atomic E-state index is 12.1. The predicted octanol–water partition coefficient (Wildman–Crippen LogP) is 5.05. The fraction of sp³-hybridized carbons (Fsp3) is 0.667. The summed E-state index contributed by atoms with van der Waals surface area (Å²) in [4.78, 5) is 12.1. The fourth-order valence-electron chi connectivity index (χ4n) is 5.26. The number of rotatable bonds is 3. The zero-order valence-corrected chi connectivity index (χ0v) is 15.6. The number of carboxylic acids is 1. The lowest BCUT2D eigenvalue weighted by Gasteiger charge is -2.55. The third-order valence-corrected chi connectivity index (χ3v) is 6.86.